The van der Waals surface area contributed by atoms with Gasteiger partial charge in [-0.3, -0.25) is 0 Å². The molecule has 0 aromatic heterocycles. The van der Waals surface area contributed by atoms with E-state index in [0.29, 0.717) is 19.6 Å². The number of hydrogen-bond acceptors (Lipinski definition) is 2. The lowest BCUT2D eigenvalue weighted by molar-refractivity contribution is 0.134. The highest BCUT2D eigenvalue weighted by molar-refractivity contribution is 6.30. The van der Waals surface area contributed by atoms with Crippen molar-refractivity contribution in [3.63, 3.8) is 0 Å². The van der Waals surface area contributed by atoms with Crippen molar-refractivity contribution in [1.82, 2.24) is 5.32 Å². The van der Waals surface area contributed by atoms with Crippen LogP contribution in [0.5, 0.6) is 0 Å². The highest BCUT2D eigenvalue weighted by atomic mass is 35.5. The van der Waals surface area contributed by atoms with Gasteiger partial charge in [-0.05, 0) is 47.9 Å². The van der Waals surface area contributed by atoms with Crippen molar-refractivity contribution in [1.29, 1.82) is 0 Å². The molecule has 0 radical (unpaired) electrons. The Labute approximate surface area is 128 Å². The van der Waals surface area contributed by atoms with E-state index in [-0.39, 0.29) is 16.9 Å². The Balaban J connectivity index is 1.83. The summed E-state index contributed by atoms with van der Waals surface area (Å²) >= 11 is 5.73. The van der Waals surface area contributed by atoms with Crippen LogP contribution in [0.4, 0.5) is 4.39 Å². The number of hydrogen-bond donors (Lipinski definition) is 1. The first-order valence-corrected chi connectivity index (χ1v) is 7.36. The van der Waals surface area contributed by atoms with Gasteiger partial charge in [0, 0.05) is 6.04 Å². The molecular weight excluding hydrogens is 289 g/mol. The maximum Gasteiger partial charge on any atom is 0.142 e. The third kappa shape index (κ3) is 3.10. The van der Waals surface area contributed by atoms with Crippen molar-refractivity contribution in [3.05, 3.63) is 69.5 Å². The number of rotatable bonds is 4. The van der Waals surface area contributed by atoms with Crippen LogP contribution in [-0.2, 0) is 24.4 Å². The summed E-state index contributed by atoms with van der Waals surface area (Å²) in [7, 11) is 1.92. The molecule has 3 rings (SSSR count). The van der Waals surface area contributed by atoms with Gasteiger partial charge in [-0.2, -0.15) is 0 Å². The molecule has 1 heterocycles. The van der Waals surface area contributed by atoms with Gasteiger partial charge in [-0.1, -0.05) is 35.9 Å². The molecule has 21 heavy (non-hydrogen) atoms. The average molecular weight is 306 g/mol. The molecule has 0 amide bonds. The standard InChI is InChI=1S/C17H17ClFNO/c1-20-17(7-11-2-5-15(18)16(19)6-11)12-3-4-13-9-21-10-14(13)8-12/h2-6,8,17,20H,7,9-10H2,1H3. The van der Waals surface area contributed by atoms with Crippen LogP contribution in [0.25, 0.3) is 0 Å². The fourth-order valence-corrected chi connectivity index (χ4v) is 2.82. The summed E-state index contributed by atoms with van der Waals surface area (Å²) in [5.41, 5.74) is 4.62. The van der Waals surface area contributed by atoms with Gasteiger partial charge < -0.3 is 10.1 Å². The smallest absolute Gasteiger partial charge is 0.142 e. The SMILES string of the molecule is CNC(Cc1ccc(Cl)c(F)c1)c1ccc2c(c1)COC2. The molecule has 4 heteroatoms. The zero-order valence-corrected chi connectivity index (χ0v) is 12.6. The molecule has 1 aliphatic heterocycles. The molecule has 2 aromatic carbocycles. The van der Waals surface area contributed by atoms with Gasteiger partial charge in [-0.25, -0.2) is 4.39 Å². The minimum absolute atomic E-state index is 0.136. The van der Waals surface area contributed by atoms with E-state index in [4.69, 9.17) is 16.3 Å². The largest absolute Gasteiger partial charge is 0.372 e. The van der Waals surface area contributed by atoms with Gasteiger partial charge in [0.15, 0.2) is 0 Å². The monoisotopic (exact) mass is 305 g/mol. The first kappa shape index (κ1) is 14.5. The van der Waals surface area contributed by atoms with Gasteiger partial charge in [0.1, 0.15) is 5.82 Å². The Hall–Kier alpha value is -1.42. The molecule has 0 saturated carbocycles. The van der Waals surface area contributed by atoms with Crippen LogP contribution in [0.3, 0.4) is 0 Å². The van der Waals surface area contributed by atoms with Gasteiger partial charge >= 0.3 is 0 Å². The predicted octanol–water partition coefficient (Wildman–Crippen LogP) is 4.01. The molecule has 1 unspecified atom stereocenters. The second-order valence-electron chi connectivity index (χ2n) is 5.31. The van der Waals surface area contributed by atoms with E-state index in [2.05, 4.69) is 23.5 Å². The molecular formula is C17H17ClFNO. The van der Waals surface area contributed by atoms with E-state index in [1.54, 1.807) is 6.07 Å². The third-order valence-electron chi connectivity index (χ3n) is 3.92. The van der Waals surface area contributed by atoms with E-state index < -0.39 is 0 Å². The van der Waals surface area contributed by atoms with E-state index in [9.17, 15) is 4.39 Å². The highest BCUT2D eigenvalue weighted by Crippen LogP contribution is 2.26. The number of benzene rings is 2. The van der Waals surface area contributed by atoms with Crippen LogP contribution in [0, 0.1) is 5.82 Å². The van der Waals surface area contributed by atoms with Crippen molar-refractivity contribution < 1.29 is 9.13 Å². The van der Waals surface area contributed by atoms with Crippen molar-refractivity contribution in [2.45, 2.75) is 25.7 Å². The Morgan fingerprint density at radius 2 is 2.00 bits per heavy atom. The van der Waals surface area contributed by atoms with Crippen LogP contribution < -0.4 is 5.32 Å². The Morgan fingerprint density at radius 1 is 1.19 bits per heavy atom. The van der Waals surface area contributed by atoms with Gasteiger partial charge in [0.2, 0.25) is 0 Å². The highest BCUT2D eigenvalue weighted by Gasteiger charge is 2.16. The second-order valence-corrected chi connectivity index (χ2v) is 5.72. The lowest BCUT2D eigenvalue weighted by atomic mass is 9.96. The molecule has 0 saturated heterocycles. The van der Waals surface area contributed by atoms with Gasteiger partial charge in [-0.15, -0.1) is 0 Å². The zero-order valence-electron chi connectivity index (χ0n) is 11.8. The molecule has 0 spiro atoms. The summed E-state index contributed by atoms with van der Waals surface area (Å²) in [6.45, 7) is 1.37. The average Bonchev–Trinajstić information content (AvgIpc) is 2.95. The lowest BCUT2D eigenvalue weighted by Crippen LogP contribution is -2.19. The number of halogens is 2. The van der Waals surface area contributed by atoms with Crippen molar-refractivity contribution in [2.75, 3.05) is 7.05 Å². The molecule has 0 fully saturated rings. The Kier molecular flexibility index (Phi) is 4.24. The molecule has 110 valence electrons. The van der Waals surface area contributed by atoms with E-state index in [0.717, 1.165) is 5.56 Å². The van der Waals surface area contributed by atoms with E-state index >= 15 is 0 Å². The summed E-state index contributed by atoms with van der Waals surface area (Å²) in [5, 5.41) is 3.46. The summed E-state index contributed by atoms with van der Waals surface area (Å²) in [4.78, 5) is 0. The summed E-state index contributed by atoms with van der Waals surface area (Å²) in [5.74, 6) is -0.369. The first-order valence-electron chi connectivity index (χ1n) is 6.98. The molecule has 0 bridgehead atoms. The molecule has 2 nitrogen and oxygen atoms in total. The van der Waals surface area contributed by atoms with Gasteiger partial charge in [0.25, 0.3) is 0 Å². The normalized spacial score (nSPS) is 15.0. The van der Waals surface area contributed by atoms with E-state index in [1.165, 1.54) is 22.8 Å². The minimum Gasteiger partial charge on any atom is -0.372 e. The number of ether oxygens (including phenoxy) is 1. The van der Waals surface area contributed by atoms with Crippen LogP contribution >= 0.6 is 11.6 Å². The van der Waals surface area contributed by atoms with E-state index in [1.807, 2.05) is 13.1 Å². The quantitative estimate of drug-likeness (QED) is 0.921. The fraction of sp³-hybridized carbons (Fsp3) is 0.294. The van der Waals surface area contributed by atoms with Gasteiger partial charge in [0.05, 0.1) is 18.2 Å². The molecule has 1 N–H and O–H groups in total. The predicted molar refractivity (Wildman–Crippen MR) is 81.8 cm³/mol. The maximum atomic E-state index is 13.5. The maximum absolute atomic E-state index is 13.5. The zero-order chi connectivity index (χ0) is 14.8. The van der Waals surface area contributed by atoms with Crippen LogP contribution in [0.1, 0.15) is 28.3 Å². The summed E-state index contributed by atoms with van der Waals surface area (Å²) in [6.07, 6.45) is 0.713. The second kappa shape index (κ2) is 6.14. The Bertz CT molecular complexity index is 659. The van der Waals surface area contributed by atoms with Crippen LogP contribution in [0.2, 0.25) is 5.02 Å². The molecule has 1 aliphatic rings. The third-order valence-corrected chi connectivity index (χ3v) is 4.23. The fourth-order valence-electron chi connectivity index (χ4n) is 2.70. The first-order chi connectivity index (χ1) is 10.2. The minimum atomic E-state index is -0.369. The van der Waals surface area contributed by atoms with Crippen molar-refractivity contribution >= 4 is 11.6 Å². The topological polar surface area (TPSA) is 21.3 Å². The molecule has 1 atom stereocenters. The summed E-state index contributed by atoms with van der Waals surface area (Å²) < 4.78 is 19.0. The Morgan fingerprint density at radius 3 is 2.76 bits per heavy atom. The van der Waals surface area contributed by atoms with Crippen LogP contribution in [0.15, 0.2) is 36.4 Å². The molecule has 0 aliphatic carbocycles. The number of fused-ring (bicyclic) bond motifs is 1. The number of likely N-dealkylation sites (N-methyl/N-ethyl adjacent to an activating group) is 1. The van der Waals surface area contributed by atoms with Crippen LogP contribution in [-0.4, -0.2) is 7.05 Å². The number of nitrogens with one attached hydrogen (secondary N) is 1. The van der Waals surface area contributed by atoms with Crippen molar-refractivity contribution in [2.24, 2.45) is 0 Å². The molecule has 2 aromatic rings. The van der Waals surface area contributed by atoms with Crippen molar-refractivity contribution in [3.8, 4) is 0 Å². The summed E-state index contributed by atoms with van der Waals surface area (Å²) in [6, 6.07) is 11.5. The lowest BCUT2D eigenvalue weighted by Gasteiger charge is -2.18.